The summed E-state index contributed by atoms with van der Waals surface area (Å²) in [5.74, 6) is 0. The number of halogens is 3. The van der Waals surface area contributed by atoms with Gasteiger partial charge < -0.3 is 4.90 Å². The summed E-state index contributed by atoms with van der Waals surface area (Å²) in [6, 6.07) is 2.72. The summed E-state index contributed by atoms with van der Waals surface area (Å²) in [6.07, 6.45) is -1.26. The van der Waals surface area contributed by atoms with Gasteiger partial charge >= 0.3 is 6.18 Å². The molecule has 1 aliphatic carbocycles. The van der Waals surface area contributed by atoms with Gasteiger partial charge in [0.25, 0.3) is 0 Å². The number of nitrogens with one attached hydrogen (secondary N) is 1. The first-order valence-electron chi connectivity index (χ1n) is 6.68. The van der Waals surface area contributed by atoms with Crippen molar-refractivity contribution < 1.29 is 13.2 Å². The van der Waals surface area contributed by atoms with E-state index in [0.29, 0.717) is 19.0 Å². The molecule has 1 N–H and O–H groups in total. The predicted octanol–water partition coefficient (Wildman–Crippen LogP) is 2.69. The molecule has 0 bridgehead atoms. The van der Waals surface area contributed by atoms with Crippen LogP contribution in [0.15, 0.2) is 0 Å². The molecule has 1 saturated carbocycles. The quantitative estimate of drug-likeness (QED) is 0.741. The molecule has 1 aliphatic rings. The van der Waals surface area contributed by atoms with Crippen LogP contribution in [-0.4, -0.2) is 42.8 Å². The van der Waals surface area contributed by atoms with Gasteiger partial charge in [-0.2, -0.15) is 18.4 Å². The molecule has 0 heterocycles. The van der Waals surface area contributed by atoms with Crippen LogP contribution in [-0.2, 0) is 0 Å². The molecule has 3 nitrogen and oxygen atoms in total. The number of hydrogen-bond donors (Lipinski definition) is 1. The minimum Gasteiger partial charge on any atom is -0.306 e. The maximum absolute atomic E-state index is 12.1. The molecule has 1 fully saturated rings. The van der Waals surface area contributed by atoms with Gasteiger partial charge in [-0.25, -0.2) is 0 Å². The van der Waals surface area contributed by atoms with E-state index < -0.39 is 18.1 Å². The van der Waals surface area contributed by atoms with E-state index in [-0.39, 0.29) is 6.54 Å². The van der Waals surface area contributed by atoms with E-state index in [2.05, 4.69) is 11.4 Å². The second-order valence-corrected chi connectivity index (χ2v) is 5.63. The lowest BCUT2D eigenvalue weighted by atomic mass is 9.97. The molecule has 0 radical (unpaired) electrons. The summed E-state index contributed by atoms with van der Waals surface area (Å²) in [6.45, 7) is 2.46. The summed E-state index contributed by atoms with van der Waals surface area (Å²) in [5, 5.41) is 12.4. The molecular formula is C13H22F3N3. The van der Waals surface area contributed by atoms with Crippen molar-refractivity contribution in [1.29, 1.82) is 5.26 Å². The van der Waals surface area contributed by atoms with E-state index in [0.717, 1.165) is 19.3 Å². The van der Waals surface area contributed by atoms with Crippen molar-refractivity contribution in [3.63, 3.8) is 0 Å². The molecule has 0 spiro atoms. The molecule has 0 aromatic rings. The molecule has 1 atom stereocenters. The fourth-order valence-electron chi connectivity index (χ4n) is 1.97. The number of alkyl halides is 3. The van der Waals surface area contributed by atoms with E-state index in [1.165, 1.54) is 0 Å². The van der Waals surface area contributed by atoms with Gasteiger partial charge in [0.05, 0.1) is 12.5 Å². The van der Waals surface area contributed by atoms with Gasteiger partial charge in [-0.15, -0.1) is 0 Å². The van der Waals surface area contributed by atoms with Gasteiger partial charge in [0.2, 0.25) is 0 Å². The van der Waals surface area contributed by atoms with Crippen LogP contribution in [0.25, 0.3) is 0 Å². The first-order valence-corrected chi connectivity index (χ1v) is 6.68. The lowest BCUT2D eigenvalue weighted by Gasteiger charge is -2.25. The third-order valence-electron chi connectivity index (χ3n) is 3.34. The predicted molar refractivity (Wildman–Crippen MR) is 67.6 cm³/mol. The van der Waals surface area contributed by atoms with Crippen molar-refractivity contribution in [3.8, 4) is 6.07 Å². The molecule has 110 valence electrons. The van der Waals surface area contributed by atoms with Gasteiger partial charge in [0.1, 0.15) is 5.54 Å². The van der Waals surface area contributed by atoms with Crippen molar-refractivity contribution in [3.05, 3.63) is 0 Å². The monoisotopic (exact) mass is 277 g/mol. The first-order chi connectivity index (χ1) is 8.74. The molecule has 0 aliphatic heterocycles. The zero-order valence-electron chi connectivity index (χ0n) is 11.6. The highest BCUT2D eigenvalue weighted by Crippen LogP contribution is 2.24. The van der Waals surface area contributed by atoms with E-state index in [9.17, 15) is 13.2 Å². The molecule has 1 rings (SSSR count). The average molecular weight is 277 g/mol. The fourth-order valence-corrected chi connectivity index (χ4v) is 1.97. The van der Waals surface area contributed by atoms with Crippen LogP contribution in [0.4, 0.5) is 13.2 Å². The summed E-state index contributed by atoms with van der Waals surface area (Å²) >= 11 is 0. The van der Waals surface area contributed by atoms with E-state index >= 15 is 0 Å². The Labute approximate surface area is 112 Å². The van der Waals surface area contributed by atoms with Crippen molar-refractivity contribution in [1.82, 2.24) is 10.2 Å². The van der Waals surface area contributed by atoms with Gasteiger partial charge in [0.15, 0.2) is 0 Å². The highest BCUT2D eigenvalue weighted by atomic mass is 19.4. The van der Waals surface area contributed by atoms with Crippen LogP contribution in [0, 0.1) is 11.3 Å². The largest absolute Gasteiger partial charge is 0.390 e. The highest BCUT2D eigenvalue weighted by Gasteiger charge is 2.32. The lowest BCUT2D eigenvalue weighted by molar-refractivity contribution is -0.137. The minimum atomic E-state index is -4.09. The second-order valence-electron chi connectivity index (χ2n) is 5.63. The maximum Gasteiger partial charge on any atom is 0.390 e. The van der Waals surface area contributed by atoms with Crippen LogP contribution in [0.5, 0.6) is 0 Å². The minimum absolute atomic E-state index is 0.0167. The van der Waals surface area contributed by atoms with E-state index in [1.54, 1.807) is 11.9 Å². The Morgan fingerprint density at radius 3 is 2.37 bits per heavy atom. The Morgan fingerprint density at radius 1 is 1.26 bits per heavy atom. The van der Waals surface area contributed by atoms with E-state index in [4.69, 9.17) is 5.26 Å². The smallest absolute Gasteiger partial charge is 0.306 e. The molecule has 0 aromatic heterocycles. The normalized spacial score (nSPS) is 19.2. The molecule has 0 aromatic carbocycles. The Morgan fingerprint density at radius 2 is 1.89 bits per heavy atom. The average Bonchev–Trinajstić information content (AvgIpc) is 3.09. The number of nitriles is 1. The Bertz CT molecular complexity index is 320. The first kappa shape index (κ1) is 16.3. The molecule has 0 saturated heterocycles. The summed E-state index contributed by atoms with van der Waals surface area (Å²) in [5.41, 5.74) is -0.550. The van der Waals surface area contributed by atoms with Crippen LogP contribution >= 0.6 is 0 Å². The van der Waals surface area contributed by atoms with Crippen molar-refractivity contribution in [2.75, 3.05) is 20.1 Å². The molecule has 1 unspecified atom stereocenters. The Kier molecular flexibility index (Phi) is 5.63. The number of nitrogens with zero attached hydrogens (tertiary/aromatic N) is 2. The Hall–Kier alpha value is -0.800. The Balaban J connectivity index is 2.19. The molecule has 0 amide bonds. The fraction of sp³-hybridized carbons (Fsp3) is 0.923. The molecular weight excluding hydrogens is 255 g/mol. The molecule has 19 heavy (non-hydrogen) atoms. The number of hydrogen-bond acceptors (Lipinski definition) is 3. The maximum atomic E-state index is 12.1. The topological polar surface area (TPSA) is 39.1 Å². The van der Waals surface area contributed by atoms with Crippen molar-refractivity contribution in [2.45, 2.75) is 56.8 Å². The van der Waals surface area contributed by atoms with Crippen LogP contribution in [0.1, 0.15) is 39.0 Å². The van der Waals surface area contributed by atoms with Crippen LogP contribution < -0.4 is 5.32 Å². The molecule has 6 heteroatoms. The van der Waals surface area contributed by atoms with Gasteiger partial charge in [-0.1, -0.05) is 0 Å². The van der Waals surface area contributed by atoms with Gasteiger partial charge in [-0.3, -0.25) is 5.32 Å². The second kappa shape index (κ2) is 6.58. The summed E-state index contributed by atoms with van der Waals surface area (Å²) < 4.78 is 36.2. The zero-order valence-corrected chi connectivity index (χ0v) is 11.6. The van der Waals surface area contributed by atoms with Crippen molar-refractivity contribution in [2.24, 2.45) is 0 Å². The van der Waals surface area contributed by atoms with Crippen LogP contribution in [0.2, 0.25) is 0 Å². The van der Waals surface area contributed by atoms with Gasteiger partial charge in [-0.05, 0) is 46.2 Å². The standard InChI is InChI=1S/C13H22F3N3/c1-12(10-17,18-11-4-5-11)6-3-8-19(2)9-7-13(14,15)16/h11,18H,3-9H2,1-2H3. The lowest BCUT2D eigenvalue weighted by Crippen LogP contribution is -2.42. The van der Waals surface area contributed by atoms with Crippen molar-refractivity contribution >= 4 is 0 Å². The third kappa shape index (κ3) is 7.38. The van der Waals surface area contributed by atoms with E-state index in [1.807, 2.05) is 6.92 Å². The summed E-state index contributed by atoms with van der Waals surface area (Å²) in [7, 11) is 1.68. The third-order valence-corrected chi connectivity index (χ3v) is 3.34. The van der Waals surface area contributed by atoms with Gasteiger partial charge in [0, 0.05) is 12.6 Å². The SMILES string of the molecule is CN(CCCC(C)(C#N)NC1CC1)CCC(F)(F)F. The zero-order chi connectivity index (χ0) is 14.5. The van der Waals surface area contributed by atoms with Crippen LogP contribution in [0.3, 0.4) is 0 Å². The highest BCUT2D eigenvalue weighted by molar-refractivity contribution is 5.06. The number of rotatable bonds is 8. The summed E-state index contributed by atoms with van der Waals surface area (Å²) in [4.78, 5) is 1.67.